The van der Waals surface area contributed by atoms with Crippen LogP contribution in [0.25, 0.3) is 0 Å². The van der Waals surface area contributed by atoms with Gasteiger partial charge in [-0.3, -0.25) is 14.5 Å². The second-order valence-corrected chi connectivity index (χ2v) is 5.69. The van der Waals surface area contributed by atoms with E-state index in [2.05, 4.69) is 4.98 Å². The maximum atomic E-state index is 12.7. The molecule has 1 aliphatic heterocycles. The van der Waals surface area contributed by atoms with E-state index in [4.69, 9.17) is 0 Å². The first-order chi connectivity index (χ1) is 10.3. The van der Waals surface area contributed by atoms with Crippen molar-refractivity contribution in [2.24, 2.45) is 0 Å². The predicted molar refractivity (Wildman–Crippen MR) is 81.2 cm³/mol. The van der Waals surface area contributed by atoms with Crippen molar-refractivity contribution in [2.75, 3.05) is 18.1 Å². The van der Waals surface area contributed by atoms with Gasteiger partial charge in [0.25, 0.3) is 5.91 Å². The number of aromatic nitrogens is 1. The number of hydrogen-bond acceptors (Lipinski definition) is 4. The average molecular weight is 301 g/mol. The van der Waals surface area contributed by atoms with Crippen molar-refractivity contribution in [3.05, 3.63) is 47.5 Å². The third-order valence-electron chi connectivity index (χ3n) is 3.40. The maximum absolute atomic E-state index is 12.7. The molecular formula is C15H15N3O2S. The number of thiazole rings is 1. The number of carbonyl (C=O) groups excluding carboxylic acids is 2. The first-order valence-corrected chi connectivity index (χ1v) is 7.68. The van der Waals surface area contributed by atoms with Crippen LogP contribution in [0.2, 0.25) is 0 Å². The molecule has 2 aromatic rings. The largest absolute Gasteiger partial charge is 0.324 e. The van der Waals surface area contributed by atoms with E-state index >= 15 is 0 Å². The normalized spacial score (nSPS) is 14.5. The van der Waals surface area contributed by atoms with Crippen molar-refractivity contribution in [1.29, 1.82) is 0 Å². The van der Waals surface area contributed by atoms with Gasteiger partial charge in [-0.15, -0.1) is 11.3 Å². The standard InChI is InChI=1S/C15H15N3O2S/c19-13-7-4-9-17(13)11-18(15-16-8-10-21-15)14(20)12-5-2-1-3-6-12/h1-3,5-6,8,10H,4,7,9,11H2. The molecule has 1 aliphatic rings. The molecule has 0 spiro atoms. The van der Waals surface area contributed by atoms with E-state index < -0.39 is 0 Å². The molecule has 1 aromatic carbocycles. The summed E-state index contributed by atoms with van der Waals surface area (Å²) >= 11 is 1.39. The zero-order chi connectivity index (χ0) is 14.7. The number of benzene rings is 1. The number of carbonyl (C=O) groups is 2. The van der Waals surface area contributed by atoms with E-state index in [9.17, 15) is 9.59 Å². The Labute approximate surface area is 126 Å². The van der Waals surface area contributed by atoms with Crippen LogP contribution < -0.4 is 4.90 Å². The van der Waals surface area contributed by atoms with Crippen LogP contribution in [0.3, 0.4) is 0 Å². The van der Waals surface area contributed by atoms with Crippen LogP contribution in [0, 0.1) is 0 Å². The van der Waals surface area contributed by atoms with Gasteiger partial charge in [-0.25, -0.2) is 4.98 Å². The molecule has 0 aliphatic carbocycles. The fourth-order valence-electron chi connectivity index (χ4n) is 2.32. The molecule has 6 heteroatoms. The van der Waals surface area contributed by atoms with Gasteiger partial charge in [-0.1, -0.05) is 18.2 Å². The molecule has 0 bridgehead atoms. The second-order valence-electron chi connectivity index (χ2n) is 4.82. The molecule has 0 unspecified atom stereocenters. The minimum atomic E-state index is -0.134. The lowest BCUT2D eigenvalue weighted by molar-refractivity contribution is -0.127. The molecule has 0 atom stereocenters. The maximum Gasteiger partial charge on any atom is 0.261 e. The van der Waals surface area contributed by atoms with Gasteiger partial charge in [0.2, 0.25) is 5.91 Å². The Morgan fingerprint density at radius 3 is 2.76 bits per heavy atom. The van der Waals surface area contributed by atoms with Crippen LogP contribution in [0.5, 0.6) is 0 Å². The molecule has 108 valence electrons. The molecule has 3 rings (SSSR count). The molecule has 2 amide bonds. The van der Waals surface area contributed by atoms with Gasteiger partial charge in [-0.2, -0.15) is 0 Å². The highest BCUT2D eigenvalue weighted by Gasteiger charge is 2.27. The molecule has 21 heavy (non-hydrogen) atoms. The van der Waals surface area contributed by atoms with Crippen LogP contribution >= 0.6 is 11.3 Å². The van der Waals surface area contributed by atoms with Gasteiger partial charge in [-0.05, 0) is 18.6 Å². The van der Waals surface area contributed by atoms with Crippen molar-refractivity contribution >= 4 is 28.3 Å². The summed E-state index contributed by atoms with van der Waals surface area (Å²) in [5.41, 5.74) is 0.597. The number of nitrogens with zero attached hydrogens (tertiary/aromatic N) is 3. The van der Waals surface area contributed by atoms with Crippen LogP contribution in [0.15, 0.2) is 41.9 Å². The number of hydrogen-bond donors (Lipinski definition) is 0. The zero-order valence-corrected chi connectivity index (χ0v) is 12.3. The SMILES string of the molecule is O=C1CCCN1CN(C(=O)c1ccccc1)c1nccs1. The average Bonchev–Trinajstić information content (AvgIpc) is 3.17. The van der Waals surface area contributed by atoms with Crippen molar-refractivity contribution < 1.29 is 9.59 Å². The highest BCUT2D eigenvalue weighted by Crippen LogP contribution is 2.22. The molecule has 5 nitrogen and oxygen atoms in total. The third-order valence-corrected chi connectivity index (χ3v) is 4.19. The van der Waals surface area contributed by atoms with E-state index in [1.54, 1.807) is 28.1 Å². The van der Waals surface area contributed by atoms with Gasteiger partial charge in [0.15, 0.2) is 5.13 Å². The first kappa shape index (κ1) is 13.8. The van der Waals surface area contributed by atoms with Crippen molar-refractivity contribution in [3.8, 4) is 0 Å². The quantitative estimate of drug-likeness (QED) is 0.871. The highest BCUT2D eigenvalue weighted by molar-refractivity contribution is 7.13. The van der Waals surface area contributed by atoms with Crippen LogP contribution in [0.1, 0.15) is 23.2 Å². The van der Waals surface area contributed by atoms with E-state index in [1.165, 1.54) is 11.3 Å². The Kier molecular flexibility index (Phi) is 3.96. The molecule has 1 aromatic heterocycles. The van der Waals surface area contributed by atoms with Gasteiger partial charge >= 0.3 is 0 Å². The lowest BCUT2D eigenvalue weighted by Crippen LogP contribution is -2.42. The summed E-state index contributed by atoms with van der Waals surface area (Å²) in [5, 5.41) is 2.44. The Balaban J connectivity index is 1.86. The lowest BCUT2D eigenvalue weighted by Gasteiger charge is -2.25. The Hall–Kier alpha value is -2.21. The number of amides is 2. The molecule has 1 saturated heterocycles. The van der Waals surface area contributed by atoms with Gasteiger partial charge in [0.1, 0.15) is 6.67 Å². The lowest BCUT2D eigenvalue weighted by atomic mass is 10.2. The van der Waals surface area contributed by atoms with Gasteiger partial charge in [0.05, 0.1) is 0 Å². The van der Waals surface area contributed by atoms with Crippen LogP contribution in [-0.4, -0.2) is 34.9 Å². The predicted octanol–water partition coefficient (Wildman–Crippen LogP) is 2.37. The summed E-state index contributed by atoms with van der Waals surface area (Å²) in [5.74, 6) is -0.0392. The summed E-state index contributed by atoms with van der Waals surface area (Å²) in [6.45, 7) is 0.961. The van der Waals surface area contributed by atoms with Crippen LogP contribution in [-0.2, 0) is 4.79 Å². The molecular weight excluding hydrogens is 286 g/mol. The van der Waals surface area contributed by atoms with Gasteiger partial charge in [0, 0.05) is 30.1 Å². The van der Waals surface area contributed by atoms with E-state index in [0.29, 0.717) is 23.7 Å². The minimum absolute atomic E-state index is 0.0948. The molecule has 0 N–H and O–H groups in total. The number of likely N-dealkylation sites (tertiary alicyclic amines) is 1. The van der Waals surface area contributed by atoms with E-state index in [-0.39, 0.29) is 18.5 Å². The third kappa shape index (κ3) is 2.95. The molecule has 1 fully saturated rings. The molecule has 2 heterocycles. The summed E-state index contributed by atoms with van der Waals surface area (Å²) in [6, 6.07) is 9.07. The summed E-state index contributed by atoms with van der Waals surface area (Å²) < 4.78 is 0. The first-order valence-electron chi connectivity index (χ1n) is 6.80. The Morgan fingerprint density at radius 2 is 2.14 bits per heavy atom. The monoisotopic (exact) mass is 301 g/mol. The number of anilines is 1. The fraction of sp³-hybridized carbons (Fsp3) is 0.267. The topological polar surface area (TPSA) is 53.5 Å². The zero-order valence-electron chi connectivity index (χ0n) is 11.4. The van der Waals surface area contributed by atoms with Gasteiger partial charge < -0.3 is 4.90 Å². The summed E-state index contributed by atoms with van der Waals surface area (Å²) in [6.07, 6.45) is 3.08. The summed E-state index contributed by atoms with van der Waals surface area (Å²) in [7, 11) is 0. The summed E-state index contributed by atoms with van der Waals surface area (Å²) in [4.78, 5) is 32.0. The second kappa shape index (κ2) is 6.05. The minimum Gasteiger partial charge on any atom is -0.324 e. The van der Waals surface area contributed by atoms with Crippen molar-refractivity contribution in [3.63, 3.8) is 0 Å². The number of rotatable bonds is 4. The Morgan fingerprint density at radius 1 is 1.33 bits per heavy atom. The molecule has 0 radical (unpaired) electrons. The van der Waals surface area contributed by atoms with Crippen LogP contribution in [0.4, 0.5) is 5.13 Å². The molecule has 0 saturated carbocycles. The van der Waals surface area contributed by atoms with E-state index in [0.717, 1.165) is 6.42 Å². The van der Waals surface area contributed by atoms with E-state index in [1.807, 2.05) is 23.6 Å². The smallest absolute Gasteiger partial charge is 0.261 e. The van der Waals surface area contributed by atoms with Crippen molar-refractivity contribution in [2.45, 2.75) is 12.8 Å². The Bertz CT molecular complexity index is 628. The van der Waals surface area contributed by atoms with Crippen molar-refractivity contribution in [1.82, 2.24) is 9.88 Å². The fourth-order valence-corrected chi connectivity index (χ4v) is 2.95. The highest BCUT2D eigenvalue weighted by atomic mass is 32.1.